The van der Waals surface area contributed by atoms with E-state index in [4.69, 9.17) is 10.8 Å². The fraction of sp³-hybridized carbons (Fsp3) is 0.909. The molecule has 6 heteroatoms. The average molecular weight is 250 g/mol. The van der Waals surface area contributed by atoms with Crippen LogP contribution in [0, 0.1) is 5.92 Å². The Labute approximate surface area is 99.8 Å². The Balaban J connectivity index is 2.61. The molecule has 0 radical (unpaired) electrons. The van der Waals surface area contributed by atoms with Gasteiger partial charge in [-0.25, -0.2) is 8.78 Å². The molecule has 0 saturated heterocycles. The largest absolute Gasteiger partial charge is 0.395 e. The van der Waals surface area contributed by atoms with Crippen LogP contribution in [0.4, 0.5) is 8.78 Å². The van der Waals surface area contributed by atoms with E-state index in [1.54, 1.807) is 0 Å². The van der Waals surface area contributed by atoms with Crippen molar-refractivity contribution in [3.8, 4) is 0 Å². The van der Waals surface area contributed by atoms with Crippen molar-refractivity contribution < 1.29 is 18.7 Å². The topological polar surface area (TPSA) is 66.6 Å². The molecule has 1 aliphatic rings. The number of carbonyl (C=O) groups is 1. The van der Waals surface area contributed by atoms with Gasteiger partial charge < -0.3 is 15.7 Å². The van der Waals surface area contributed by atoms with Crippen LogP contribution in [-0.4, -0.2) is 48.1 Å². The lowest BCUT2D eigenvalue weighted by Crippen LogP contribution is -2.47. The predicted molar refractivity (Wildman–Crippen MR) is 59.6 cm³/mol. The van der Waals surface area contributed by atoms with Gasteiger partial charge in [0.05, 0.1) is 19.1 Å². The zero-order valence-electron chi connectivity index (χ0n) is 9.82. The summed E-state index contributed by atoms with van der Waals surface area (Å²) < 4.78 is 24.7. The van der Waals surface area contributed by atoms with Crippen LogP contribution in [0.25, 0.3) is 0 Å². The SMILES string of the molecule is NC1CCCCC1C(=O)N(CCO)CC(F)F. The molecule has 0 bridgehead atoms. The standard InChI is InChI=1S/C11H20F2N2O2/c12-10(13)7-15(5-6-16)11(17)8-3-1-2-4-9(8)14/h8-10,16H,1-7,14H2. The third-order valence-electron chi connectivity index (χ3n) is 3.18. The molecule has 0 aromatic carbocycles. The number of nitrogens with zero attached hydrogens (tertiary/aromatic N) is 1. The van der Waals surface area contributed by atoms with Crippen LogP contribution < -0.4 is 5.73 Å². The van der Waals surface area contributed by atoms with Crippen LogP contribution >= 0.6 is 0 Å². The fourth-order valence-electron chi connectivity index (χ4n) is 2.28. The number of aliphatic hydroxyl groups is 1. The normalized spacial score (nSPS) is 25.0. The van der Waals surface area contributed by atoms with E-state index in [9.17, 15) is 13.6 Å². The maximum absolute atomic E-state index is 12.3. The number of alkyl halides is 2. The Morgan fingerprint density at radius 2 is 2.06 bits per heavy atom. The van der Waals surface area contributed by atoms with Crippen molar-refractivity contribution in [3.63, 3.8) is 0 Å². The van der Waals surface area contributed by atoms with Crippen molar-refractivity contribution in [1.82, 2.24) is 4.90 Å². The molecule has 3 N–H and O–H groups in total. The van der Waals surface area contributed by atoms with Gasteiger partial charge in [0.25, 0.3) is 6.43 Å². The van der Waals surface area contributed by atoms with Gasteiger partial charge in [0, 0.05) is 12.6 Å². The lowest BCUT2D eigenvalue weighted by Gasteiger charge is -2.32. The molecule has 1 saturated carbocycles. The molecular weight excluding hydrogens is 230 g/mol. The maximum Gasteiger partial charge on any atom is 0.255 e. The Bertz CT molecular complexity index is 252. The summed E-state index contributed by atoms with van der Waals surface area (Å²) in [5, 5.41) is 8.79. The van der Waals surface area contributed by atoms with E-state index in [-0.39, 0.29) is 31.0 Å². The molecule has 0 aliphatic heterocycles. The summed E-state index contributed by atoms with van der Waals surface area (Å²) in [4.78, 5) is 13.1. The van der Waals surface area contributed by atoms with Crippen molar-refractivity contribution in [2.75, 3.05) is 19.7 Å². The van der Waals surface area contributed by atoms with E-state index in [0.717, 1.165) is 24.2 Å². The van der Waals surface area contributed by atoms with Crippen LogP contribution in [0.1, 0.15) is 25.7 Å². The molecule has 2 unspecified atom stereocenters. The number of halogens is 2. The van der Waals surface area contributed by atoms with Gasteiger partial charge in [-0.2, -0.15) is 0 Å². The van der Waals surface area contributed by atoms with Gasteiger partial charge in [-0.3, -0.25) is 4.79 Å². The summed E-state index contributed by atoms with van der Waals surface area (Å²) in [6.07, 6.45) is 0.736. The highest BCUT2D eigenvalue weighted by Crippen LogP contribution is 2.25. The van der Waals surface area contributed by atoms with Crippen LogP contribution in [0.15, 0.2) is 0 Å². The number of nitrogens with two attached hydrogens (primary N) is 1. The molecule has 1 amide bonds. The zero-order valence-corrected chi connectivity index (χ0v) is 9.82. The minimum absolute atomic E-state index is 0.0492. The number of hydrogen-bond acceptors (Lipinski definition) is 3. The van der Waals surface area contributed by atoms with Crippen LogP contribution in [0.2, 0.25) is 0 Å². The summed E-state index contributed by atoms with van der Waals surface area (Å²) in [6, 6.07) is -0.241. The molecule has 2 atom stereocenters. The van der Waals surface area contributed by atoms with Gasteiger partial charge in [-0.1, -0.05) is 12.8 Å². The van der Waals surface area contributed by atoms with Gasteiger partial charge in [0.1, 0.15) is 0 Å². The second kappa shape index (κ2) is 6.86. The predicted octanol–water partition coefficient (Wildman–Crippen LogP) is 0.590. The number of amides is 1. The summed E-state index contributed by atoms with van der Waals surface area (Å²) in [7, 11) is 0. The first kappa shape index (κ1) is 14.3. The molecular formula is C11H20F2N2O2. The third-order valence-corrected chi connectivity index (χ3v) is 3.18. The first-order chi connectivity index (χ1) is 8.06. The molecule has 4 nitrogen and oxygen atoms in total. The van der Waals surface area contributed by atoms with Gasteiger partial charge in [0.2, 0.25) is 5.91 Å². The molecule has 1 aliphatic carbocycles. The molecule has 1 fully saturated rings. The molecule has 0 aromatic heterocycles. The molecule has 1 rings (SSSR count). The van der Waals surface area contributed by atoms with Crippen LogP contribution in [-0.2, 0) is 4.79 Å². The summed E-state index contributed by atoms with van der Waals surface area (Å²) >= 11 is 0. The third kappa shape index (κ3) is 4.20. The summed E-state index contributed by atoms with van der Waals surface area (Å²) in [5.41, 5.74) is 5.85. The quantitative estimate of drug-likeness (QED) is 0.750. The van der Waals surface area contributed by atoms with E-state index in [1.807, 2.05) is 0 Å². The van der Waals surface area contributed by atoms with E-state index >= 15 is 0 Å². The fourth-order valence-corrected chi connectivity index (χ4v) is 2.28. The van der Waals surface area contributed by atoms with Gasteiger partial charge in [-0.05, 0) is 12.8 Å². The lowest BCUT2D eigenvalue weighted by molar-refractivity contribution is -0.139. The number of rotatable bonds is 5. The van der Waals surface area contributed by atoms with E-state index in [0.29, 0.717) is 6.42 Å². The first-order valence-corrected chi connectivity index (χ1v) is 5.99. The highest BCUT2D eigenvalue weighted by atomic mass is 19.3. The van der Waals surface area contributed by atoms with Gasteiger partial charge in [0.15, 0.2) is 0 Å². The first-order valence-electron chi connectivity index (χ1n) is 5.99. The van der Waals surface area contributed by atoms with Crippen molar-refractivity contribution in [2.24, 2.45) is 11.7 Å². The second-order valence-corrected chi connectivity index (χ2v) is 4.45. The number of carbonyl (C=O) groups excluding carboxylic acids is 1. The molecule has 0 aromatic rings. The zero-order chi connectivity index (χ0) is 12.8. The molecule has 17 heavy (non-hydrogen) atoms. The monoisotopic (exact) mass is 250 g/mol. The Morgan fingerprint density at radius 1 is 1.41 bits per heavy atom. The summed E-state index contributed by atoms with van der Waals surface area (Å²) in [6.45, 7) is -0.977. The van der Waals surface area contributed by atoms with Crippen LogP contribution in [0.3, 0.4) is 0 Å². The minimum Gasteiger partial charge on any atom is -0.395 e. The molecule has 100 valence electrons. The lowest BCUT2D eigenvalue weighted by atomic mass is 9.84. The van der Waals surface area contributed by atoms with Gasteiger partial charge in [-0.15, -0.1) is 0 Å². The Morgan fingerprint density at radius 3 is 2.59 bits per heavy atom. The van der Waals surface area contributed by atoms with Gasteiger partial charge >= 0.3 is 0 Å². The van der Waals surface area contributed by atoms with Crippen molar-refractivity contribution in [2.45, 2.75) is 38.2 Å². The average Bonchev–Trinajstić information content (AvgIpc) is 2.28. The highest BCUT2D eigenvalue weighted by Gasteiger charge is 2.32. The Hall–Kier alpha value is -0.750. The Kier molecular flexibility index (Phi) is 5.77. The van der Waals surface area contributed by atoms with Crippen molar-refractivity contribution in [1.29, 1.82) is 0 Å². The number of hydrogen-bond donors (Lipinski definition) is 2. The van der Waals surface area contributed by atoms with Crippen molar-refractivity contribution >= 4 is 5.91 Å². The highest BCUT2D eigenvalue weighted by molar-refractivity contribution is 5.79. The van der Waals surface area contributed by atoms with Crippen molar-refractivity contribution in [3.05, 3.63) is 0 Å². The van der Waals surface area contributed by atoms with E-state index in [2.05, 4.69) is 0 Å². The summed E-state index contributed by atoms with van der Waals surface area (Å²) in [5.74, 6) is -0.708. The van der Waals surface area contributed by atoms with E-state index in [1.165, 1.54) is 0 Å². The maximum atomic E-state index is 12.3. The van der Waals surface area contributed by atoms with Crippen LogP contribution in [0.5, 0.6) is 0 Å². The van der Waals surface area contributed by atoms with E-state index < -0.39 is 13.0 Å². The minimum atomic E-state index is -2.58. The molecule has 0 spiro atoms. The number of aliphatic hydroxyl groups excluding tert-OH is 1. The second-order valence-electron chi connectivity index (χ2n) is 4.45. The smallest absolute Gasteiger partial charge is 0.255 e. The molecule has 0 heterocycles.